The highest BCUT2D eigenvalue weighted by molar-refractivity contribution is 7.51. The smallest absolute Gasteiger partial charge is 0.233 e. The summed E-state index contributed by atoms with van der Waals surface area (Å²) in [6, 6.07) is 17.2. The van der Waals surface area contributed by atoms with Crippen LogP contribution in [0, 0.1) is 6.92 Å². The standard InChI is InChI=1S/C17H13F3N2.O2S/c1-12-7-9-13(10-8-12)15-11-16(17(18,19)20)21-22(15)14-5-3-2-4-6-14;1-3-2/h2-11H,1H3;. The van der Waals surface area contributed by atoms with Gasteiger partial charge in [-0.15, -0.1) is 0 Å². The fraction of sp³-hybridized carbons (Fsp3) is 0.118. The van der Waals surface area contributed by atoms with Crippen LogP contribution in [0.15, 0.2) is 60.7 Å². The van der Waals surface area contributed by atoms with Crippen molar-refractivity contribution in [2.45, 2.75) is 13.1 Å². The van der Waals surface area contributed by atoms with Gasteiger partial charge in [-0.3, -0.25) is 0 Å². The van der Waals surface area contributed by atoms with Gasteiger partial charge in [-0.05, 0) is 25.1 Å². The second-order valence-electron chi connectivity index (χ2n) is 5.09. The molecule has 0 bridgehead atoms. The molecule has 1 heterocycles. The normalized spacial score (nSPS) is 10.7. The van der Waals surface area contributed by atoms with E-state index < -0.39 is 23.4 Å². The summed E-state index contributed by atoms with van der Waals surface area (Å²) in [6.07, 6.45) is -4.47. The van der Waals surface area contributed by atoms with Gasteiger partial charge in [0, 0.05) is 5.56 Å². The van der Waals surface area contributed by atoms with Gasteiger partial charge in [0.15, 0.2) is 5.69 Å². The van der Waals surface area contributed by atoms with Gasteiger partial charge in [-0.25, -0.2) is 4.68 Å². The number of nitrogens with zero attached hydrogens (tertiary/aromatic N) is 2. The minimum Gasteiger partial charge on any atom is -0.233 e. The van der Waals surface area contributed by atoms with Crippen molar-refractivity contribution >= 4 is 11.6 Å². The molecule has 0 saturated heterocycles. The number of para-hydroxylation sites is 1. The molecular formula is C17H13F3N2O2S. The molecule has 3 rings (SSSR count). The van der Waals surface area contributed by atoms with Gasteiger partial charge in [-0.1, -0.05) is 48.0 Å². The fourth-order valence-electron chi connectivity index (χ4n) is 2.22. The first-order valence-electron chi connectivity index (χ1n) is 7.08. The lowest BCUT2D eigenvalue weighted by atomic mass is 10.1. The zero-order valence-corrected chi connectivity index (χ0v) is 13.8. The molecule has 0 spiro atoms. The van der Waals surface area contributed by atoms with Crippen LogP contribution in [0.3, 0.4) is 0 Å². The molecule has 4 nitrogen and oxygen atoms in total. The van der Waals surface area contributed by atoms with Crippen molar-refractivity contribution in [3.63, 3.8) is 0 Å². The van der Waals surface area contributed by atoms with Gasteiger partial charge in [0.05, 0.1) is 11.4 Å². The quantitative estimate of drug-likeness (QED) is 0.683. The van der Waals surface area contributed by atoms with Gasteiger partial charge in [0.25, 0.3) is 0 Å². The van der Waals surface area contributed by atoms with Crippen LogP contribution in [0.4, 0.5) is 13.2 Å². The van der Waals surface area contributed by atoms with Crippen molar-refractivity contribution in [1.82, 2.24) is 9.78 Å². The van der Waals surface area contributed by atoms with Gasteiger partial charge in [0.1, 0.15) is 0 Å². The predicted octanol–water partition coefficient (Wildman–Crippen LogP) is 4.20. The maximum atomic E-state index is 13.0. The molecule has 0 aliphatic rings. The predicted molar refractivity (Wildman–Crippen MR) is 87.7 cm³/mol. The first kappa shape index (κ1) is 18.6. The van der Waals surface area contributed by atoms with E-state index >= 15 is 0 Å². The van der Waals surface area contributed by atoms with E-state index in [0.717, 1.165) is 11.6 Å². The summed E-state index contributed by atoms with van der Waals surface area (Å²) in [7, 11) is 0. The molecule has 2 aromatic carbocycles. The minimum atomic E-state index is -4.47. The van der Waals surface area contributed by atoms with Gasteiger partial charge in [-0.2, -0.15) is 26.7 Å². The zero-order valence-electron chi connectivity index (χ0n) is 13.0. The van der Waals surface area contributed by atoms with E-state index in [1.165, 1.54) is 4.68 Å². The van der Waals surface area contributed by atoms with Crippen LogP contribution in [0.2, 0.25) is 0 Å². The van der Waals surface area contributed by atoms with Crippen molar-refractivity contribution in [1.29, 1.82) is 0 Å². The van der Waals surface area contributed by atoms with Crippen LogP contribution in [0.1, 0.15) is 11.3 Å². The zero-order chi connectivity index (χ0) is 18.4. The third-order valence-corrected chi connectivity index (χ3v) is 3.35. The Morgan fingerprint density at radius 1 is 0.960 bits per heavy atom. The van der Waals surface area contributed by atoms with Crippen LogP contribution in [0.25, 0.3) is 16.9 Å². The molecule has 0 atom stereocenters. The molecular weight excluding hydrogens is 353 g/mol. The largest absolute Gasteiger partial charge is 0.435 e. The second kappa shape index (κ2) is 7.89. The van der Waals surface area contributed by atoms with Crippen molar-refractivity contribution in [3.8, 4) is 16.9 Å². The van der Waals surface area contributed by atoms with Crippen molar-refractivity contribution in [2.24, 2.45) is 0 Å². The molecule has 0 aliphatic carbocycles. The first-order chi connectivity index (χ1) is 11.9. The van der Waals surface area contributed by atoms with Crippen LogP contribution < -0.4 is 0 Å². The Kier molecular flexibility index (Phi) is 5.87. The molecule has 0 unspecified atom stereocenters. The van der Waals surface area contributed by atoms with Crippen molar-refractivity contribution < 1.29 is 21.6 Å². The lowest BCUT2D eigenvalue weighted by Gasteiger charge is -2.07. The van der Waals surface area contributed by atoms with Crippen molar-refractivity contribution in [3.05, 3.63) is 71.9 Å². The minimum absolute atomic E-state index is 0.415. The molecule has 8 heteroatoms. The monoisotopic (exact) mass is 366 g/mol. The van der Waals surface area contributed by atoms with Gasteiger partial charge < -0.3 is 0 Å². The Morgan fingerprint density at radius 3 is 2.04 bits per heavy atom. The van der Waals surface area contributed by atoms with Crippen LogP contribution >= 0.6 is 0 Å². The topological polar surface area (TPSA) is 52.0 Å². The van der Waals surface area contributed by atoms with Gasteiger partial charge >= 0.3 is 17.7 Å². The molecule has 0 saturated carbocycles. The Hall–Kier alpha value is -2.74. The van der Waals surface area contributed by atoms with Crippen LogP contribution in [-0.2, 0) is 17.7 Å². The highest BCUT2D eigenvalue weighted by Crippen LogP contribution is 2.33. The first-order valence-corrected chi connectivity index (χ1v) is 7.75. The highest BCUT2D eigenvalue weighted by atomic mass is 32.1. The molecule has 1 aromatic heterocycles. The number of halogens is 3. The lowest BCUT2D eigenvalue weighted by Crippen LogP contribution is -2.07. The number of hydrogen-bond acceptors (Lipinski definition) is 3. The summed E-state index contributed by atoms with van der Waals surface area (Å²) in [5.74, 6) is 0. The summed E-state index contributed by atoms with van der Waals surface area (Å²) >= 11 is -0.750. The molecule has 130 valence electrons. The van der Waals surface area contributed by atoms with Crippen LogP contribution in [0.5, 0.6) is 0 Å². The summed E-state index contributed by atoms with van der Waals surface area (Å²) in [5, 5.41) is 3.74. The summed E-state index contributed by atoms with van der Waals surface area (Å²) in [5.41, 5.74) is 1.85. The molecule has 0 amide bonds. The average Bonchev–Trinajstić information content (AvgIpc) is 3.03. The van der Waals surface area contributed by atoms with Crippen LogP contribution in [-0.4, -0.2) is 18.2 Å². The van der Waals surface area contributed by atoms with E-state index in [1.54, 1.807) is 36.4 Å². The maximum Gasteiger partial charge on any atom is 0.435 e. The third-order valence-electron chi connectivity index (χ3n) is 3.35. The summed E-state index contributed by atoms with van der Waals surface area (Å²) < 4.78 is 56.9. The number of hydrogen-bond donors (Lipinski definition) is 0. The summed E-state index contributed by atoms with van der Waals surface area (Å²) in [6.45, 7) is 1.93. The Balaban J connectivity index is 0.000000701. The number of rotatable bonds is 2. The molecule has 3 aromatic rings. The second-order valence-corrected chi connectivity index (χ2v) is 5.23. The Bertz CT molecular complexity index is 869. The van der Waals surface area contributed by atoms with E-state index in [2.05, 4.69) is 5.10 Å². The third kappa shape index (κ3) is 4.63. The Morgan fingerprint density at radius 2 is 1.52 bits per heavy atom. The Labute approximate surface area is 145 Å². The molecule has 0 fully saturated rings. The van der Waals surface area contributed by atoms with E-state index in [1.807, 2.05) is 25.1 Å². The SMILES string of the molecule is Cc1ccc(-c2cc(C(F)(F)F)nn2-c2ccccc2)cc1.O=S=O. The van der Waals surface area contributed by atoms with Crippen molar-refractivity contribution in [2.75, 3.05) is 0 Å². The highest BCUT2D eigenvalue weighted by Gasteiger charge is 2.35. The molecule has 0 radical (unpaired) electrons. The number of alkyl halides is 3. The maximum absolute atomic E-state index is 13.0. The van der Waals surface area contributed by atoms with E-state index in [0.29, 0.717) is 16.9 Å². The number of benzene rings is 2. The molecule has 25 heavy (non-hydrogen) atoms. The lowest BCUT2D eigenvalue weighted by molar-refractivity contribution is -0.141. The number of aromatic nitrogens is 2. The van der Waals surface area contributed by atoms with E-state index in [-0.39, 0.29) is 0 Å². The molecule has 0 N–H and O–H groups in total. The average molecular weight is 366 g/mol. The van der Waals surface area contributed by atoms with E-state index in [9.17, 15) is 13.2 Å². The van der Waals surface area contributed by atoms with Gasteiger partial charge in [0.2, 0.25) is 0 Å². The number of aryl methyl sites for hydroxylation is 1. The summed E-state index contributed by atoms with van der Waals surface area (Å²) in [4.78, 5) is 0. The fourth-order valence-corrected chi connectivity index (χ4v) is 2.22. The molecule has 0 aliphatic heterocycles. The van der Waals surface area contributed by atoms with E-state index in [4.69, 9.17) is 8.42 Å².